The molecule has 16 nitrogen and oxygen atoms in total. The number of aryl methyl sites for hydroxylation is 2. The van der Waals surface area contributed by atoms with Crippen LogP contribution in [0.5, 0.6) is 23.0 Å². The number of carbonyl (C=O) groups excluding carboxylic acids is 5. The van der Waals surface area contributed by atoms with Gasteiger partial charge in [0.25, 0.3) is 5.91 Å². The molecule has 0 fully saturated rings. The van der Waals surface area contributed by atoms with Gasteiger partial charge in [0.05, 0.1) is 44.7 Å². The van der Waals surface area contributed by atoms with E-state index in [1.807, 2.05) is 0 Å². The molecule has 5 rings (SSSR count). The lowest BCUT2D eigenvalue weighted by atomic mass is 9.94. The first-order valence-electron chi connectivity index (χ1n) is 19.6. The number of amides is 5. The van der Waals surface area contributed by atoms with Crippen LogP contribution in [0.15, 0.2) is 36.4 Å². The van der Waals surface area contributed by atoms with Gasteiger partial charge in [-0.3, -0.25) is 29.1 Å². The lowest BCUT2D eigenvalue weighted by molar-refractivity contribution is -0.138. The van der Waals surface area contributed by atoms with Gasteiger partial charge in [-0.15, -0.1) is 0 Å². The zero-order valence-corrected chi connectivity index (χ0v) is 33.4. The molecule has 3 atom stereocenters. The van der Waals surface area contributed by atoms with Gasteiger partial charge in [0.15, 0.2) is 11.5 Å². The number of aromatic amines is 1. The average molecular weight is 790 g/mol. The Hall–Kier alpha value is -5.64. The Morgan fingerprint density at radius 3 is 2.40 bits per heavy atom. The molecule has 0 saturated heterocycles. The van der Waals surface area contributed by atoms with E-state index in [9.17, 15) is 29.1 Å². The van der Waals surface area contributed by atoms with Crippen LogP contribution in [0.2, 0.25) is 0 Å². The largest absolute Gasteiger partial charge is 0.496 e. The molecule has 2 aromatic carbocycles. The normalized spacial score (nSPS) is 19.5. The number of fused-ring (bicyclic) bond motifs is 4. The Balaban J connectivity index is 1.40. The Kier molecular flexibility index (Phi) is 14.9. The molecular weight excluding hydrogens is 734 g/mol. The van der Waals surface area contributed by atoms with Crippen LogP contribution in [0.4, 0.5) is 0 Å². The van der Waals surface area contributed by atoms with Crippen molar-refractivity contribution >= 4 is 29.5 Å². The number of aliphatic hydroxyl groups excluding tert-OH is 1. The fourth-order valence-electron chi connectivity index (χ4n) is 7.05. The minimum absolute atomic E-state index is 0.0667. The maximum absolute atomic E-state index is 13.7. The van der Waals surface area contributed by atoms with Gasteiger partial charge in [0, 0.05) is 37.2 Å². The number of methoxy groups -OCH3 is 2. The number of aromatic nitrogens is 2. The maximum atomic E-state index is 13.7. The van der Waals surface area contributed by atoms with E-state index in [0.717, 1.165) is 42.6 Å². The highest BCUT2D eigenvalue weighted by molar-refractivity contribution is 5.95. The van der Waals surface area contributed by atoms with Gasteiger partial charge in [0.1, 0.15) is 23.6 Å². The number of hydrogen-bond donors (Lipinski definition) is 6. The van der Waals surface area contributed by atoms with E-state index < -0.39 is 41.8 Å². The second-order valence-corrected chi connectivity index (χ2v) is 14.8. The number of ether oxygens (including phenoxy) is 3. The number of nitrogens with zero attached hydrogens (tertiary/aromatic N) is 2. The van der Waals surface area contributed by atoms with Crippen LogP contribution in [-0.2, 0) is 45.0 Å². The molecule has 16 heteroatoms. The molecule has 2 bridgehead atoms. The first-order valence-corrected chi connectivity index (χ1v) is 19.6. The summed E-state index contributed by atoms with van der Waals surface area (Å²) in [5.41, 5.74) is 3.92. The fraction of sp³-hybridized carbons (Fsp3) is 0.512. The summed E-state index contributed by atoms with van der Waals surface area (Å²) in [6.07, 6.45) is 4.12. The molecule has 0 saturated carbocycles. The number of benzene rings is 2. The third-order valence-electron chi connectivity index (χ3n) is 10.3. The zero-order chi connectivity index (χ0) is 41.1. The summed E-state index contributed by atoms with van der Waals surface area (Å²) in [6, 6.07) is 7.43. The van der Waals surface area contributed by atoms with Crippen LogP contribution in [0.3, 0.4) is 0 Å². The molecule has 6 N–H and O–H groups in total. The number of hydrogen-bond acceptors (Lipinski definition) is 10. The van der Waals surface area contributed by atoms with Gasteiger partial charge in [-0.05, 0) is 87.3 Å². The van der Waals surface area contributed by atoms with Crippen LogP contribution in [0, 0.1) is 5.92 Å². The van der Waals surface area contributed by atoms with Crippen molar-refractivity contribution in [2.75, 3.05) is 33.9 Å². The number of H-pyrrole nitrogens is 1. The SMILES string of the molecule is COc1ccc2cc1Oc1cccc(OC)c1CNC(=O)[C@@H](C(C)C)NC(=O)[C@H]([C@@H](C)O)NC(=O)CN(C(=O)CCc1n[nH]c3c1CCCC3)CCCCNC2=O. The van der Waals surface area contributed by atoms with Gasteiger partial charge in [-0.2, -0.15) is 5.10 Å². The van der Waals surface area contributed by atoms with Crippen molar-refractivity contribution in [1.29, 1.82) is 0 Å². The van der Waals surface area contributed by atoms with E-state index in [1.54, 1.807) is 50.2 Å². The van der Waals surface area contributed by atoms with Gasteiger partial charge in [0.2, 0.25) is 23.6 Å². The molecule has 0 spiro atoms. The quantitative estimate of drug-likeness (QED) is 0.206. The standard InChI is InChI=1S/C41H55N7O9/c1-24(2)37-40(53)43-22-28-31(55-4)13-10-14-32(28)57-34-21-26(15-17-33(34)56-5)39(52)42-19-8-9-20-48(23-35(50)44-38(25(3)49)41(54)45-37)36(51)18-16-30-27-11-6-7-12-29(27)46-47-30/h10,13-15,17,21,24-25,37-38,49H,6-9,11-12,16,18-20,22-23H2,1-5H3,(H,42,52)(H,43,53)(H,44,50)(H,45,54)(H,46,47)/t25-,37-,38+/m1/s1. The Bertz CT molecular complexity index is 1910. The average Bonchev–Trinajstić information content (AvgIpc) is 3.61. The number of nitrogens with one attached hydrogen (secondary N) is 5. The summed E-state index contributed by atoms with van der Waals surface area (Å²) in [5, 5.41) is 29.3. The maximum Gasteiger partial charge on any atom is 0.251 e. The Morgan fingerprint density at radius 1 is 0.895 bits per heavy atom. The Labute approximate surface area is 332 Å². The summed E-state index contributed by atoms with van der Waals surface area (Å²) in [4.78, 5) is 69.2. The van der Waals surface area contributed by atoms with E-state index in [0.29, 0.717) is 47.6 Å². The van der Waals surface area contributed by atoms with Crippen molar-refractivity contribution in [3.8, 4) is 23.0 Å². The lowest BCUT2D eigenvalue weighted by Crippen LogP contribution is -2.59. The van der Waals surface area contributed by atoms with Crippen LogP contribution in [0.1, 0.15) is 85.7 Å². The van der Waals surface area contributed by atoms with Crippen LogP contribution >= 0.6 is 0 Å². The number of aliphatic hydroxyl groups is 1. The first-order chi connectivity index (χ1) is 27.4. The molecule has 3 aromatic rings. The van der Waals surface area contributed by atoms with Crippen LogP contribution in [0.25, 0.3) is 0 Å². The van der Waals surface area contributed by atoms with E-state index >= 15 is 0 Å². The van der Waals surface area contributed by atoms with E-state index in [4.69, 9.17) is 14.2 Å². The lowest BCUT2D eigenvalue weighted by Gasteiger charge is -2.28. The minimum Gasteiger partial charge on any atom is -0.496 e. The van der Waals surface area contributed by atoms with E-state index in [-0.39, 0.29) is 50.2 Å². The van der Waals surface area contributed by atoms with Gasteiger partial charge in [-0.1, -0.05) is 19.9 Å². The highest BCUT2D eigenvalue weighted by atomic mass is 16.5. The third-order valence-corrected chi connectivity index (χ3v) is 10.3. The van der Waals surface area contributed by atoms with Crippen molar-refractivity contribution < 1.29 is 43.3 Å². The highest BCUT2D eigenvalue weighted by Crippen LogP contribution is 2.37. The monoisotopic (exact) mass is 789 g/mol. The zero-order valence-electron chi connectivity index (χ0n) is 33.4. The second kappa shape index (κ2) is 20.0. The molecular formula is C41H55N7O9. The number of rotatable bonds is 7. The van der Waals surface area contributed by atoms with Gasteiger partial charge in [-0.25, -0.2) is 0 Å². The topological polar surface area (TPSA) is 213 Å². The third kappa shape index (κ3) is 11.0. The van der Waals surface area contributed by atoms with Crippen molar-refractivity contribution in [3.05, 3.63) is 64.5 Å². The van der Waals surface area contributed by atoms with Crippen molar-refractivity contribution in [1.82, 2.24) is 36.4 Å². The first kappa shape index (κ1) is 42.5. The summed E-state index contributed by atoms with van der Waals surface area (Å²) >= 11 is 0. The van der Waals surface area contributed by atoms with Gasteiger partial charge >= 0.3 is 0 Å². The predicted octanol–water partition coefficient (Wildman–Crippen LogP) is 2.71. The van der Waals surface area contributed by atoms with Crippen molar-refractivity contribution in [3.63, 3.8) is 0 Å². The van der Waals surface area contributed by atoms with Crippen LogP contribution < -0.4 is 35.5 Å². The molecule has 5 amide bonds. The van der Waals surface area contributed by atoms with Crippen LogP contribution in [-0.4, -0.2) is 102 Å². The van der Waals surface area contributed by atoms with Gasteiger partial charge < -0.3 is 45.5 Å². The van der Waals surface area contributed by atoms with Crippen molar-refractivity contribution in [2.24, 2.45) is 5.92 Å². The Morgan fingerprint density at radius 2 is 1.67 bits per heavy atom. The molecule has 1 aliphatic heterocycles. The van der Waals surface area contributed by atoms with E-state index in [1.165, 1.54) is 26.0 Å². The molecule has 2 heterocycles. The fourth-order valence-corrected chi connectivity index (χ4v) is 7.05. The molecule has 1 aromatic heterocycles. The summed E-state index contributed by atoms with van der Waals surface area (Å²) in [6.45, 7) is 4.91. The summed E-state index contributed by atoms with van der Waals surface area (Å²) in [7, 11) is 2.96. The second-order valence-electron chi connectivity index (χ2n) is 14.8. The van der Waals surface area contributed by atoms with E-state index in [2.05, 4.69) is 31.5 Å². The predicted molar refractivity (Wildman–Crippen MR) is 210 cm³/mol. The molecule has 57 heavy (non-hydrogen) atoms. The molecule has 2 aliphatic rings. The molecule has 1 aliphatic carbocycles. The minimum atomic E-state index is -1.42. The smallest absolute Gasteiger partial charge is 0.251 e. The summed E-state index contributed by atoms with van der Waals surface area (Å²) < 4.78 is 17.4. The molecule has 308 valence electrons. The number of carbonyl (C=O) groups is 5. The van der Waals surface area contributed by atoms with Crippen molar-refractivity contribution in [2.45, 2.75) is 96.9 Å². The summed E-state index contributed by atoms with van der Waals surface area (Å²) in [5.74, 6) is -1.61. The molecule has 0 radical (unpaired) electrons. The highest BCUT2D eigenvalue weighted by Gasteiger charge is 2.32. The molecule has 0 unspecified atom stereocenters.